The Hall–Kier alpha value is -1.80. The number of benzene rings is 2. The minimum atomic E-state index is -0.418. The van der Waals surface area contributed by atoms with Crippen LogP contribution in [0.1, 0.15) is 27.6 Å². The molecule has 0 bridgehead atoms. The maximum atomic E-state index is 12.0. The van der Waals surface area contributed by atoms with Gasteiger partial charge in [0.2, 0.25) is 0 Å². The summed E-state index contributed by atoms with van der Waals surface area (Å²) in [5, 5.41) is 0.570. The minimum absolute atomic E-state index is 0.408. The Balaban J connectivity index is 1.95. The van der Waals surface area contributed by atoms with Crippen LogP contribution in [0.5, 0.6) is 5.75 Å². The van der Waals surface area contributed by atoms with Gasteiger partial charge in [0.05, 0.1) is 11.6 Å². The van der Waals surface area contributed by atoms with Crippen LogP contribution in [0.25, 0.3) is 0 Å². The molecule has 2 aromatic rings. The summed E-state index contributed by atoms with van der Waals surface area (Å²) >= 11 is 7.94. The van der Waals surface area contributed by atoms with E-state index >= 15 is 0 Å². The van der Waals surface area contributed by atoms with Crippen LogP contribution in [0.15, 0.2) is 42.5 Å². The van der Waals surface area contributed by atoms with E-state index in [4.69, 9.17) is 16.3 Å². The second-order valence-corrected chi connectivity index (χ2v) is 6.06. The third-order valence-corrected chi connectivity index (χ3v) is 4.44. The van der Waals surface area contributed by atoms with Crippen molar-refractivity contribution in [2.24, 2.45) is 0 Å². The quantitative estimate of drug-likeness (QED) is 0.561. The number of amides is 2. The first-order valence-electron chi connectivity index (χ1n) is 6.80. The molecule has 0 aromatic heterocycles. The van der Waals surface area contributed by atoms with Crippen molar-refractivity contribution in [2.75, 3.05) is 6.61 Å². The second kappa shape index (κ2) is 8.16. The van der Waals surface area contributed by atoms with E-state index in [1.807, 2.05) is 29.5 Å². The lowest BCUT2D eigenvalue weighted by atomic mass is 10.2. The van der Waals surface area contributed by atoms with Crippen molar-refractivity contribution < 1.29 is 14.3 Å². The maximum Gasteiger partial charge on any atom is 0.269 e. The Kier molecular flexibility index (Phi) is 6.23. The molecule has 2 rings (SSSR count). The molecular formula is C16H14ClIN2O3. The first-order valence-corrected chi connectivity index (χ1v) is 8.25. The summed E-state index contributed by atoms with van der Waals surface area (Å²) in [5.74, 6) is -0.146. The average molecular weight is 445 g/mol. The highest BCUT2D eigenvalue weighted by Gasteiger charge is 2.10. The summed E-state index contributed by atoms with van der Waals surface area (Å²) in [5.41, 5.74) is 5.56. The average Bonchev–Trinajstić information content (AvgIpc) is 2.56. The number of ether oxygens (including phenoxy) is 1. The fourth-order valence-electron chi connectivity index (χ4n) is 1.76. The van der Waals surface area contributed by atoms with Gasteiger partial charge in [-0.1, -0.05) is 11.6 Å². The van der Waals surface area contributed by atoms with E-state index < -0.39 is 11.8 Å². The van der Waals surface area contributed by atoms with Crippen LogP contribution in [0, 0.1) is 3.57 Å². The summed E-state index contributed by atoms with van der Waals surface area (Å²) in [6.07, 6.45) is 0. The molecule has 2 aromatic carbocycles. The van der Waals surface area contributed by atoms with Crippen molar-refractivity contribution in [2.45, 2.75) is 6.92 Å². The van der Waals surface area contributed by atoms with Gasteiger partial charge in [-0.15, -0.1) is 0 Å². The van der Waals surface area contributed by atoms with Crippen LogP contribution < -0.4 is 15.6 Å². The molecule has 0 aliphatic heterocycles. The van der Waals surface area contributed by atoms with Gasteiger partial charge in [-0.05, 0) is 72.0 Å². The predicted molar refractivity (Wildman–Crippen MR) is 96.7 cm³/mol. The molecule has 23 heavy (non-hydrogen) atoms. The molecule has 0 saturated carbocycles. The Morgan fingerprint density at radius 3 is 2.17 bits per heavy atom. The molecule has 0 spiro atoms. The van der Waals surface area contributed by atoms with Crippen LogP contribution in [0.3, 0.4) is 0 Å². The molecule has 7 heteroatoms. The highest BCUT2D eigenvalue weighted by Crippen LogP contribution is 2.19. The number of carbonyl (C=O) groups is 2. The Labute approximate surface area is 152 Å². The lowest BCUT2D eigenvalue weighted by Gasteiger charge is -2.09. The Bertz CT molecular complexity index is 720. The molecule has 0 heterocycles. The van der Waals surface area contributed by atoms with Crippen LogP contribution in [-0.4, -0.2) is 18.4 Å². The molecule has 0 aliphatic rings. The molecule has 120 valence electrons. The number of hydrazine groups is 1. The lowest BCUT2D eigenvalue weighted by molar-refractivity contribution is 0.0846. The molecule has 0 aliphatic carbocycles. The van der Waals surface area contributed by atoms with E-state index in [0.29, 0.717) is 28.5 Å². The van der Waals surface area contributed by atoms with Crippen LogP contribution >= 0.6 is 34.2 Å². The van der Waals surface area contributed by atoms with Crippen LogP contribution in [0.4, 0.5) is 0 Å². The monoisotopic (exact) mass is 444 g/mol. The van der Waals surface area contributed by atoms with Gasteiger partial charge < -0.3 is 4.74 Å². The van der Waals surface area contributed by atoms with Gasteiger partial charge in [-0.2, -0.15) is 0 Å². The van der Waals surface area contributed by atoms with Crippen molar-refractivity contribution in [3.05, 3.63) is 62.2 Å². The van der Waals surface area contributed by atoms with E-state index in [0.717, 1.165) is 3.57 Å². The molecule has 0 radical (unpaired) electrons. The standard InChI is InChI=1S/C16H14ClIN2O3/c1-2-23-12-6-3-10(4-7-12)15(21)19-20-16(22)11-5-8-13(17)14(18)9-11/h3-9H,2H2,1H3,(H,19,21)(H,20,22). The summed E-state index contributed by atoms with van der Waals surface area (Å²) in [6, 6.07) is 11.5. The predicted octanol–water partition coefficient (Wildman–Crippen LogP) is 3.42. The SMILES string of the molecule is CCOc1ccc(C(=O)NNC(=O)c2ccc(Cl)c(I)c2)cc1. The second-order valence-electron chi connectivity index (χ2n) is 4.49. The topological polar surface area (TPSA) is 67.4 Å². The largest absolute Gasteiger partial charge is 0.494 e. The maximum absolute atomic E-state index is 12.0. The third kappa shape index (κ3) is 4.84. The normalized spacial score (nSPS) is 10.0. The fourth-order valence-corrected chi connectivity index (χ4v) is 2.40. The van der Waals surface area contributed by atoms with Crippen molar-refractivity contribution >= 4 is 46.0 Å². The molecule has 2 N–H and O–H groups in total. The summed E-state index contributed by atoms with van der Waals surface area (Å²) < 4.78 is 6.06. The zero-order valence-corrected chi connectivity index (χ0v) is 15.1. The molecular weight excluding hydrogens is 431 g/mol. The Morgan fingerprint density at radius 1 is 1.04 bits per heavy atom. The molecule has 0 atom stereocenters. The fraction of sp³-hybridized carbons (Fsp3) is 0.125. The number of carbonyl (C=O) groups excluding carboxylic acids is 2. The van der Waals surface area contributed by atoms with Crippen molar-refractivity contribution in [1.82, 2.24) is 10.9 Å². The van der Waals surface area contributed by atoms with E-state index in [9.17, 15) is 9.59 Å². The summed E-state index contributed by atoms with van der Waals surface area (Å²) in [7, 11) is 0. The van der Waals surface area contributed by atoms with Crippen molar-refractivity contribution in [3.8, 4) is 5.75 Å². The van der Waals surface area contributed by atoms with E-state index in [-0.39, 0.29) is 0 Å². The van der Waals surface area contributed by atoms with Gasteiger partial charge in [0, 0.05) is 14.7 Å². The van der Waals surface area contributed by atoms with Crippen molar-refractivity contribution in [1.29, 1.82) is 0 Å². The first-order chi connectivity index (χ1) is 11.0. The van der Waals surface area contributed by atoms with Crippen molar-refractivity contribution in [3.63, 3.8) is 0 Å². The minimum Gasteiger partial charge on any atom is -0.494 e. The van der Waals surface area contributed by atoms with Crippen LogP contribution in [-0.2, 0) is 0 Å². The third-order valence-electron chi connectivity index (χ3n) is 2.90. The number of hydrogen-bond donors (Lipinski definition) is 2. The van der Waals surface area contributed by atoms with E-state index in [1.165, 1.54) is 0 Å². The van der Waals surface area contributed by atoms with Gasteiger partial charge in [0.15, 0.2) is 0 Å². The van der Waals surface area contributed by atoms with Crippen LogP contribution in [0.2, 0.25) is 5.02 Å². The van der Waals surface area contributed by atoms with E-state index in [2.05, 4.69) is 10.9 Å². The number of rotatable bonds is 4. The van der Waals surface area contributed by atoms with Gasteiger partial charge in [-0.25, -0.2) is 0 Å². The molecule has 0 unspecified atom stereocenters. The number of hydrogen-bond acceptors (Lipinski definition) is 3. The molecule has 0 fully saturated rings. The Morgan fingerprint density at radius 2 is 1.61 bits per heavy atom. The van der Waals surface area contributed by atoms with Gasteiger partial charge in [0.1, 0.15) is 5.75 Å². The van der Waals surface area contributed by atoms with E-state index in [1.54, 1.807) is 42.5 Å². The van der Waals surface area contributed by atoms with Gasteiger partial charge >= 0.3 is 0 Å². The molecule has 5 nitrogen and oxygen atoms in total. The highest BCUT2D eigenvalue weighted by molar-refractivity contribution is 14.1. The zero-order chi connectivity index (χ0) is 16.8. The highest BCUT2D eigenvalue weighted by atomic mass is 127. The lowest BCUT2D eigenvalue weighted by Crippen LogP contribution is -2.41. The number of halogens is 2. The van der Waals surface area contributed by atoms with Gasteiger partial charge in [-0.3, -0.25) is 20.4 Å². The summed E-state index contributed by atoms with van der Waals surface area (Å²) in [4.78, 5) is 24.0. The molecule has 2 amide bonds. The van der Waals surface area contributed by atoms with Gasteiger partial charge in [0.25, 0.3) is 11.8 Å². The molecule has 0 saturated heterocycles. The number of nitrogens with one attached hydrogen (secondary N) is 2. The smallest absolute Gasteiger partial charge is 0.269 e. The zero-order valence-electron chi connectivity index (χ0n) is 12.2. The summed E-state index contributed by atoms with van der Waals surface area (Å²) in [6.45, 7) is 2.44. The first kappa shape index (κ1) is 17.6.